The predicted molar refractivity (Wildman–Crippen MR) is 52.5 cm³/mol. The van der Waals surface area contributed by atoms with E-state index >= 15 is 0 Å². The highest BCUT2D eigenvalue weighted by molar-refractivity contribution is 5.36. The fraction of sp³-hybridized carbons (Fsp3) is 0.364. The average Bonchev–Trinajstić information content (AvgIpc) is 2.18. The zero-order chi connectivity index (χ0) is 10.0. The van der Waals surface area contributed by atoms with Crippen LogP contribution < -0.4 is 5.73 Å². The Balaban J connectivity index is 2.36. The lowest BCUT2D eigenvalue weighted by atomic mass is 9.86. The number of hydrogen-bond donors (Lipinski definition) is 1. The Morgan fingerprint density at radius 3 is 2.86 bits per heavy atom. The molecule has 1 saturated heterocycles. The minimum atomic E-state index is -0.327. The van der Waals surface area contributed by atoms with E-state index in [4.69, 9.17) is 15.7 Å². The summed E-state index contributed by atoms with van der Waals surface area (Å²) in [6, 6.07) is 9.59. The largest absolute Gasteiger partial charge is 0.369 e. The van der Waals surface area contributed by atoms with Gasteiger partial charge in [0.05, 0.1) is 18.2 Å². The lowest BCUT2D eigenvalue weighted by molar-refractivity contribution is -0.146. The third-order valence-electron chi connectivity index (χ3n) is 2.73. The highest BCUT2D eigenvalue weighted by atomic mass is 16.5. The molecule has 1 aliphatic rings. The van der Waals surface area contributed by atoms with Crippen LogP contribution in [0.1, 0.15) is 17.5 Å². The van der Waals surface area contributed by atoms with Crippen LogP contribution in [0.25, 0.3) is 0 Å². The lowest BCUT2D eigenvalue weighted by Gasteiger charge is -2.41. The Hall–Kier alpha value is -1.37. The number of nitrogens with zero attached hydrogens (tertiary/aromatic N) is 1. The minimum absolute atomic E-state index is 0.327. The van der Waals surface area contributed by atoms with Crippen LogP contribution in [0.5, 0.6) is 0 Å². The molecule has 1 aromatic carbocycles. The van der Waals surface area contributed by atoms with Crippen LogP contribution in [-0.2, 0) is 10.3 Å². The van der Waals surface area contributed by atoms with E-state index in [1.165, 1.54) is 0 Å². The maximum Gasteiger partial charge on any atom is 0.107 e. The summed E-state index contributed by atoms with van der Waals surface area (Å²) in [6.45, 7) is 1.23. The Kier molecular flexibility index (Phi) is 2.24. The standard InChI is InChI=1S/C11H12N2O/c12-7-9-2-1-3-10(6-9)11(8-13)4-5-14-11/h1-3,6H,4-5,8,13H2/t11-/m1/s1. The second-order valence-corrected chi connectivity index (χ2v) is 3.49. The molecule has 0 bridgehead atoms. The van der Waals surface area contributed by atoms with E-state index in [1.54, 1.807) is 6.07 Å². The first-order valence-electron chi connectivity index (χ1n) is 4.65. The monoisotopic (exact) mass is 188 g/mol. The van der Waals surface area contributed by atoms with Gasteiger partial charge in [-0.3, -0.25) is 0 Å². The number of hydrogen-bond acceptors (Lipinski definition) is 3. The predicted octanol–water partition coefficient (Wildman–Crippen LogP) is 1.13. The van der Waals surface area contributed by atoms with Crippen molar-refractivity contribution in [3.05, 3.63) is 35.4 Å². The van der Waals surface area contributed by atoms with Gasteiger partial charge in [0, 0.05) is 13.0 Å². The first kappa shape index (κ1) is 9.20. The zero-order valence-electron chi connectivity index (χ0n) is 7.86. The Morgan fingerprint density at radius 2 is 2.36 bits per heavy atom. The van der Waals surface area contributed by atoms with Gasteiger partial charge in [0.2, 0.25) is 0 Å². The van der Waals surface area contributed by atoms with E-state index in [2.05, 4.69) is 6.07 Å². The molecule has 14 heavy (non-hydrogen) atoms. The van der Waals surface area contributed by atoms with Crippen LogP contribution in [0.4, 0.5) is 0 Å². The average molecular weight is 188 g/mol. The normalized spacial score (nSPS) is 25.1. The maximum atomic E-state index is 8.77. The van der Waals surface area contributed by atoms with Gasteiger partial charge in [0.1, 0.15) is 5.60 Å². The van der Waals surface area contributed by atoms with E-state index < -0.39 is 0 Å². The van der Waals surface area contributed by atoms with E-state index in [9.17, 15) is 0 Å². The molecular formula is C11H12N2O. The minimum Gasteiger partial charge on any atom is -0.369 e. The number of benzene rings is 1. The molecule has 1 heterocycles. The van der Waals surface area contributed by atoms with Crippen molar-refractivity contribution >= 4 is 0 Å². The molecule has 0 amide bonds. The summed E-state index contributed by atoms with van der Waals surface area (Å²) in [6.07, 6.45) is 0.943. The molecule has 2 N–H and O–H groups in total. The van der Waals surface area contributed by atoms with Crippen molar-refractivity contribution in [1.82, 2.24) is 0 Å². The molecule has 0 aromatic heterocycles. The summed E-state index contributed by atoms with van der Waals surface area (Å²) in [5.74, 6) is 0. The van der Waals surface area contributed by atoms with Crippen molar-refractivity contribution in [3.8, 4) is 6.07 Å². The van der Waals surface area contributed by atoms with Crippen molar-refractivity contribution in [2.24, 2.45) is 5.73 Å². The zero-order valence-corrected chi connectivity index (χ0v) is 7.86. The topological polar surface area (TPSA) is 59.0 Å². The summed E-state index contributed by atoms with van der Waals surface area (Å²) >= 11 is 0. The Morgan fingerprint density at radius 1 is 1.57 bits per heavy atom. The summed E-state index contributed by atoms with van der Waals surface area (Å²) in [5, 5.41) is 8.77. The molecule has 3 nitrogen and oxygen atoms in total. The van der Waals surface area contributed by atoms with Gasteiger partial charge in [-0.25, -0.2) is 0 Å². The van der Waals surface area contributed by atoms with Crippen LogP contribution in [0, 0.1) is 11.3 Å². The van der Waals surface area contributed by atoms with Crippen LogP contribution in [0.15, 0.2) is 24.3 Å². The first-order valence-corrected chi connectivity index (χ1v) is 4.65. The molecule has 1 aromatic rings. The second-order valence-electron chi connectivity index (χ2n) is 3.49. The number of nitrogens with two attached hydrogens (primary N) is 1. The third kappa shape index (κ3) is 1.29. The van der Waals surface area contributed by atoms with Gasteiger partial charge in [-0.1, -0.05) is 12.1 Å². The molecule has 1 fully saturated rings. The van der Waals surface area contributed by atoms with Crippen molar-refractivity contribution < 1.29 is 4.74 Å². The van der Waals surface area contributed by atoms with E-state index in [0.29, 0.717) is 12.1 Å². The number of rotatable bonds is 2. The summed E-state index contributed by atoms with van der Waals surface area (Å²) in [7, 11) is 0. The molecule has 72 valence electrons. The molecule has 3 heteroatoms. The highest BCUT2D eigenvalue weighted by Crippen LogP contribution is 2.36. The van der Waals surface area contributed by atoms with Gasteiger partial charge in [0.25, 0.3) is 0 Å². The summed E-state index contributed by atoms with van der Waals surface area (Å²) in [5.41, 5.74) is 7.03. The van der Waals surface area contributed by atoms with Crippen LogP contribution >= 0.6 is 0 Å². The smallest absolute Gasteiger partial charge is 0.107 e. The highest BCUT2D eigenvalue weighted by Gasteiger charge is 2.38. The van der Waals surface area contributed by atoms with Crippen LogP contribution in [0.3, 0.4) is 0 Å². The van der Waals surface area contributed by atoms with E-state index in [0.717, 1.165) is 18.6 Å². The van der Waals surface area contributed by atoms with Gasteiger partial charge in [0.15, 0.2) is 0 Å². The SMILES string of the molecule is N#Cc1cccc([C@]2(CN)CCO2)c1. The third-order valence-corrected chi connectivity index (χ3v) is 2.73. The van der Waals surface area contributed by atoms with Gasteiger partial charge in [-0.2, -0.15) is 5.26 Å². The van der Waals surface area contributed by atoms with Gasteiger partial charge in [-0.05, 0) is 17.7 Å². The fourth-order valence-electron chi connectivity index (χ4n) is 1.73. The van der Waals surface area contributed by atoms with Crippen LogP contribution in [0.2, 0.25) is 0 Å². The molecule has 0 unspecified atom stereocenters. The molecule has 2 rings (SSSR count). The lowest BCUT2D eigenvalue weighted by Crippen LogP contribution is -2.47. The van der Waals surface area contributed by atoms with Gasteiger partial charge >= 0.3 is 0 Å². The summed E-state index contributed by atoms with van der Waals surface area (Å²) < 4.78 is 5.52. The van der Waals surface area contributed by atoms with E-state index in [1.807, 2.05) is 18.2 Å². The number of nitriles is 1. The summed E-state index contributed by atoms with van der Waals surface area (Å²) in [4.78, 5) is 0. The molecule has 0 radical (unpaired) electrons. The van der Waals surface area contributed by atoms with Crippen LogP contribution in [-0.4, -0.2) is 13.2 Å². The van der Waals surface area contributed by atoms with Crippen molar-refractivity contribution in [3.63, 3.8) is 0 Å². The van der Waals surface area contributed by atoms with E-state index in [-0.39, 0.29) is 5.60 Å². The van der Waals surface area contributed by atoms with Gasteiger partial charge < -0.3 is 10.5 Å². The quantitative estimate of drug-likeness (QED) is 0.756. The maximum absolute atomic E-state index is 8.77. The Labute approximate surface area is 83.1 Å². The Bertz CT molecular complexity index is 372. The van der Waals surface area contributed by atoms with Gasteiger partial charge in [-0.15, -0.1) is 0 Å². The first-order chi connectivity index (χ1) is 6.80. The van der Waals surface area contributed by atoms with Crippen molar-refractivity contribution in [2.75, 3.05) is 13.2 Å². The fourth-order valence-corrected chi connectivity index (χ4v) is 1.73. The molecular weight excluding hydrogens is 176 g/mol. The number of ether oxygens (including phenoxy) is 1. The molecule has 0 aliphatic carbocycles. The molecule has 1 atom stereocenters. The second kappa shape index (κ2) is 3.41. The molecule has 1 aliphatic heterocycles. The molecule has 0 saturated carbocycles. The molecule has 0 spiro atoms. The van der Waals surface area contributed by atoms with Crippen molar-refractivity contribution in [1.29, 1.82) is 5.26 Å². The van der Waals surface area contributed by atoms with Crippen molar-refractivity contribution in [2.45, 2.75) is 12.0 Å².